The first kappa shape index (κ1) is 22.7. The summed E-state index contributed by atoms with van der Waals surface area (Å²) in [5, 5.41) is 11.2. The van der Waals surface area contributed by atoms with Crippen LogP contribution < -0.4 is 9.47 Å². The van der Waals surface area contributed by atoms with E-state index in [2.05, 4.69) is 0 Å². The SMILES string of the molecule is CCN(Cc1ccc(OC)c(OC)c1)C(=O)COC(=O)c1cccc(C)c1[N+](=O)[O-]. The first-order chi connectivity index (χ1) is 14.3. The number of nitro benzene ring substituents is 1. The van der Waals surface area contributed by atoms with Gasteiger partial charge in [0.15, 0.2) is 18.1 Å². The molecule has 9 nitrogen and oxygen atoms in total. The van der Waals surface area contributed by atoms with Crippen LogP contribution in [0.15, 0.2) is 36.4 Å². The number of nitro groups is 1. The Morgan fingerprint density at radius 3 is 2.40 bits per heavy atom. The van der Waals surface area contributed by atoms with Crippen molar-refractivity contribution in [3.63, 3.8) is 0 Å². The molecular weight excluding hydrogens is 392 g/mol. The number of esters is 1. The van der Waals surface area contributed by atoms with Crippen molar-refractivity contribution in [2.45, 2.75) is 20.4 Å². The first-order valence-electron chi connectivity index (χ1n) is 9.22. The second-order valence-corrected chi connectivity index (χ2v) is 6.40. The molecule has 160 valence electrons. The molecule has 0 heterocycles. The largest absolute Gasteiger partial charge is 0.493 e. The molecular formula is C21H24N2O7. The molecule has 30 heavy (non-hydrogen) atoms. The number of carbonyl (C=O) groups is 2. The Kier molecular flexibility index (Phi) is 7.74. The van der Waals surface area contributed by atoms with E-state index in [-0.39, 0.29) is 17.8 Å². The van der Waals surface area contributed by atoms with Gasteiger partial charge in [0.25, 0.3) is 11.6 Å². The van der Waals surface area contributed by atoms with Gasteiger partial charge in [0, 0.05) is 18.7 Å². The van der Waals surface area contributed by atoms with Crippen LogP contribution in [0, 0.1) is 17.0 Å². The maximum atomic E-state index is 12.5. The number of nitrogens with zero attached hydrogens (tertiary/aromatic N) is 2. The van der Waals surface area contributed by atoms with E-state index >= 15 is 0 Å². The van der Waals surface area contributed by atoms with Crippen molar-refractivity contribution >= 4 is 17.6 Å². The van der Waals surface area contributed by atoms with E-state index in [1.54, 1.807) is 25.1 Å². The average Bonchev–Trinajstić information content (AvgIpc) is 2.74. The van der Waals surface area contributed by atoms with Crippen LogP contribution in [0.5, 0.6) is 11.5 Å². The number of amides is 1. The van der Waals surface area contributed by atoms with E-state index < -0.39 is 23.4 Å². The summed E-state index contributed by atoms with van der Waals surface area (Å²) in [6.45, 7) is 3.46. The fourth-order valence-corrected chi connectivity index (χ4v) is 2.94. The quantitative estimate of drug-likeness (QED) is 0.351. The van der Waals surface area contributed by atoms with Crippen molar-refractivity contribution in [1.29, 1.82) is 0 Å². The number of likely N-dealkylation sites (N-methyl/N-ethyl adjacent to an activating group) is 1. The van der Waals surface area contributed by atoms with Crippen LogP contribution in [-0.4, -0.2) is 49.1 Å². The van der Waals surface area contributed by atoms with Crippen molar-refractivity contribution in [1.82, 2.24) is 4.90 Å². The van der Waals surface area contributed by atoms with Gasteiger partial charge >= 0.3 is 5.97 Å². The lowest BCUT2D eigenvalue weighted by Gasteiger charge is -2.21. The van der Waals surface area contributed by atoms with Gasteiger partial charge in [-0.3, -0.25) is 14.9 Å². The summed E-state index contributed by atoms with van der Waals surface area (Å²) in [6, 6.07) is 9.66. The van der Waals surface area contributed by atoms with E-state index in [1.165, 1.54) is 44.2 Å². The molecule has 0 saturated heterocycles. The number of ether oxygens (including phenoxy) is 3. The van der Waals surface area contributed by atoms with Crippen LogP contribution in [0.3, 0.4) is 0 Å². The average molecular weight is 416 g/mol. The number of benzene rings is 2. The van der Waals surface area contributed by atoms with Crippen LogP contribution in [0.2, 0.25) is 0 Å². The normalized spacial score (nSPS) is 10.3. The minimum absolute atomic E-state index is 0.185. The summed E-state index contributed by atoms with van der Waals surface area (Å²) in [6.07, 6.45) is 0. The number of carbonyl (C=O) groups excluding carboxylic acids is 2. The second kappa shape index (κ2) is 10.2. The molecule has 2 aromatic rings. The highest BCUT2D eigenvalue weighted by atomic mass is 16.6. The highest BCUT2D eigenvalue weighted by Gasteiger charge is 2.25. The third-order valence-electron chi connectivity index (χ3n) is 4.52. The fourth-order valence-electron chi connectivity index (χ4n) is 2.94. The number of methoxy groups -OCH3 is 2. The van der Waals surface area contributed by atoms with E-state index in [9.17, 15) is 19.7 Å². The topological polar surface area (TPSA) is 108 Å². The van der Waals surface area contributed by atoms with Crippen LogP contribution >= 0.6 is 0 Å². The predicted octanol–water partition coefficient (Wildman–Crippen LogP) is 3.13. The van der Waals surface area contributed by atoms with Gasteiger partial charge in [-0.15, -0.1) is 0 Å². The smallest absolute Gasteiger partial charge is 0.345 e. The number of hydrogen-bond donors (Lipinski definition) is 0. The number of hydrogen-bond acceptors (Lipinski definition) is 7. The van der Waals surface area contributed by atoms with Gasteiger partial charge < -0.3 is 19.1 Å². The zero-order valence-corrected chi connectivity index (χ0v) is 17.3. The molecule has 0 aliphatic heterocycles. The van der Waals surface area contributed by atoms with Crippen LogP contribution in [0.4, 0.5) is 5.69 Å². The van der Waals surface area contributed by atoms with Gasteiger partial charge in [-0.05, 0) is 37.6 Å². The number of rotatable bonds is 9. The van der Waals surface area contributed by atoms with E-state index in [4.69, 9.17) is 14.2 Å². The van der Waals surface area contributed by atoms with Gasteiger partial charge in [0.2, 0.25) is 0 Å². The van der Waals surface area contributed by atoms with E-state index in [1.807, 2.05) is 0 Å². The molecule has 0 spiro atoms. The Morgan fingerprint density at radius 1 is 1.10 bits per heavy atom. The zero-order chi connectivity index (χ0) is 22.3. The third kappa shape index (κ3) is 5.25. The molecule has 0 aromatic heterocycles. The molecule has 0 unspecified atom stereocenters. The summed E-state index contributed by atoms with van der Waals surface area (Å²) < 4.78 is 15.5. The van der Waals surface area contributed by atoms with Gasteiger partial charge in [-0.2, -0.15) is 0 Å². The Labute approximate surface area is 174 Å². The third-order valence-corrected chi connectivity index (χ3v) is 4.52. The van der Waals surface area contributed by atoms with Crippen molar-refractivity contribution in [3.05, 3.63) is 63.2 Å². The molecule has 0 fully saturated rings. The molecule has 1 amide bonds. The molecule has 0 aliphatic carbocycles. The lowest BCUT2D eigenvalue weighted by Crippen LogP contribution is -2.34. The molecule has 2 aromatic carbocycles. The summed E-state index contributed by atoms with van der Waals surface area (Å²) in [7, 11) is 3.06. The van der Waals surface area contributed by atoms with E-state index in [0.29, 0.717) is 23.6 Å². The maximum Gasteiger partial charge on any atom is 0.345 e. The molecule has 9 heteroatoms. The summed E-state index contributed by atoms with van der Waals surface area (Å²) in [5.74, 6) is -0.224. The number of aryl methyl sites for hydroxylation is 1. The summed E-state index contributed by atoms with van der Waals surface area (Å²) >= 11 is 0. The fraction of sp³-hybridized carbons (Fsp3) is 0.333. The monoisotopic (exact) mass is 416 g/mol. The van der Waals surface area contributed by atoms with Gasteiger partial charge in [0.05, 0.1) is 19.1 Å². The van der Waals surface area contributed by atoms with Gasteiger partial charge in [0.1, 0.15) is 5.56 Å². The second-order valence-electron chi connectivity index (χ2n) is 6.40. The predicted molar refractivity (Wildman–Crippen MR) is 109 cm³/mol. The molecule has 0 atom stereocenters. The van der Waals surface area contributed by atoms with Gasteiger partial charge in [-0.1, -0.05) is 18.2 Å². The Morgan fingerprint density at radius 2 is 1.80 bits per heavy atom. The summed E-state index contributed by atoms with van der Waals surface area (Å²) in [5.41, 5.74) is 0.635. The zero-order valence-electron chi connectivity index (χ0n) is 17.3. The Hall–Kier alpha value is -3.62. The van der Waals surface area contributed by atoms with Crippen molar-refractivity contribution < 1.29 is 28.7 Å². The molecule has 0 bridgehead atoms. The highest BCUT2D eigenvalue weighted by Crippen LogP contribution is 2.28. The standard InChI is InChI=1S/C21H24N2O7/c1-5-22(12-15-9-10-17(28-3)18(11-15)29-4)19(24)13-30-21(25)16-8-6-7-14(2)20(16)23(26)27/h6-11H,5,12-13H2,1-4H3. The number of para-hydroxylation sites is 1. The minimum Gasteiger partial charge on any atom is -0.493 e. The molecule has 0 aliphatic rings. The Balaban J connectivity index is 2.07. The van der Waals surface area contributed by atoms with E-state index in [0.717, 1.165) is 5.56 Å². The van der Waals surface area contributed by atoms with Crippen molar-refractivity contribution in [2.24, 2.45) is 0 Å². The van der Waals surface area contributed by atoms with Crippen LogP contribution in [-0.2, 0) is 16.1 Å². The molecule has 2 rings (SSSR count). The Bertz CT molecular complexity index is 943. The van der Waals surface area contributed by atoms with Gasteiger partial charge in [-0.25, -0.2) is 4.79 Å². The lowest BCUT2D eigenvalue weighted by molar-refractivity contribution is -0.385. The molecule has 0 radical (unpaired) electrons. The molecule has 0 saturated carbocycles. The van der Waals surface area contributed by atoms with Crippen molar-refractivity contribution in [2.75, 3.05) is 27.4 Å². The highest BCUT2D eigenvalue weighted by molar-refractivity contribution is 5.95. The van der Waals surface area contributed by atoms with Crippen LogP contribution in [0.25, 0.3) is 0 Å². The van der Waals surface area contributed by atoms with Crippen molar-refractivity contribution in [3.8, 4) is 11.5 Å². The van der Waals surface area contributed by atoms with Crippen LogP contribution in [0.1, 0.15) is 28.4 Å². The first-order valence-corrected chi connectivity index (χ1v) is 9.22. The molecule has 0 N–H and O–H groups in total. The minimum atomic E-state index is -0.916. The maximum absolute atomic E-state index is 12.5. The summed E-state index contributed by atoms with van der Waals surface area (Å²) in [4.78, 5) is 37.0. The lowest BCUT2D eigenvalue weighted by atomic mass is 10.1.